The van der Waals surface area contributed by atoms with Crippen LogP contribution in [-0.2, 0) is 22.0 Å². The standard InChI is InChI=1S/C37H40N2O6/c1-36(2,3)24-18-20(19-25(34(24)45-7)37(4,5)6)14-17-28(40)38-27-13-8-10-21-15-16-26(39-31(21)27)30-32(41)22-11-9-12-23(35(43)44)29(22)33(30)42/h8-13,15-16,18-19,26,30,39H,14,17H2,1-7H3,(H,38,40)(H,43,44). The van der Waals surface area contributed by atoms with Gasteiger partial charge in [0.25, 0.3) is 0 Å². The van der Waals surface area contributed by atoms with E-state index in [9.17, 15) is 24.3 Å². The summed E-state index contributed by atoms with van der Waals surface area (Å²) < 4.78 is 5.88. The Labute approximate surface area is 263 Å². The molecule has 0 spiro atoms. The number of carboxylic acids is 1. The number of hydrogen-bond donors (Lipinski definition) is 3. The predicted molar refractivity (Wildman–Crippen MR) is 176 cm³/mol. The van der Waals surface area contributed by atoms with Crippen LogP contribution in [0.25, 0.3) is 6.08 Å². The van der Waals surface area contributed by atoms with Gasteiger partial charge in [-0.2, -0.15) is 0 Å². The number of carbonyl (C=O) groups excluding carboxylic acids is 3. The second-order valence-corrected chi connectivity index (χ2v) is 13.8. The molecule has 0 saturated heterocycles. The quantitative estimate of drug-likeness (QED) is 0.246. The zero-order valence-corrected chi connectivity index (χ0v) is 26.8. The van der Waals surface area contributed by atoms with Crippen molar-refractivity contribution in [3.05, 3.63) is 93.6 Å². The Morgan fingerprint density at radius 1 is 0.933 bits per heavy atom. The first-order valence-electron chi connectivity index (χ1n) is 15.2. The third-order valence-corrected chi connectivity index (χ3v) is 8.51. The van der Waals surface area contributed by atoms with Gasteiger partial charge < -0.3 is 20.5 Å². The highest BCUT2D eigenvalue weighted by Crippen LogP contribution is 2.41. The van der Waals surface area contributed by atoms with Crippen molar-refractivity contribution in [3.63, 3.8) is 0 Å². The van der Waals surface area contributed by atoms with Gasteiger partial charge >= 0.3 is 5.97 Å². The number of carbonyl (C=O) groups is 4. The maximum absolute atomic E-state index is 13.4. The minimum atomic E-state index is -1.25. The van der Waals surface area contributed by atoms with Crippen LogP contribution in [0.3, 0.4) is 0 Å². The van der Waals surface area contributed by atoms with Gasteiger partial charge in [-0.15, -0.1) is 0 Å². The smallest absolute Gasteiger partial charge is 0.336 e. The Morgan fingerprint density at radius 3 is 2.18 bits per heavy atom. The summed E-state index contributed by atoms with van der Waals surface area (Å²) in [4.78, 5) is 51.8. The van der Waals surface area contributed by atoms with Crippen molar-refractivity contribution < 1.29 is 29.0 Å². The fraction of sp³-hybridized carbons (Fsp3) is 0.351. The van der Waals surface area contributed by atoms with E-state index in [0.717, 1.165) is 28.0 Å². The Kier molecular flexibility index (Phi) is 8.21. The van der Waals surface area contributed by atoms with Crippen LogP contribution in [0.1, 0.15) is 101 Å². The number of aromatic carboxylic acids is 1. The Hall–Kier alpha value is -4.72. The molecule has 0 fully saturated rings. The third-order valence-electron chi connectivity index (χ3n) is 8.51. The van der Waals surface area contributed by atoms with Gasteiger partial charge in [-0.25, -0.2) is 4.79 Å². The highest BCUT2D eigenvalue weighted by atomic mass is 16.5. The molecule has 0 bridgehead atoms. The number of hydrogen-bond acceptors (Lipinski definition) is 6. The van der Waals surface area contributed by atoms with Gasteiger partial charge in [0.15, 0.2) is 11.6 Å². The first-order chi connectivity index (χ1) is 21.1. The summed E-state index contributed by atoms with van der Waals surface area (Å²) in [5.74, 6) is -2.60. The summed E-state index contributed by atoms with van der Waals surface area (Å²) in [6.45, 7) is 12.9. The van der Waals surface area contributed by atoms with E-state index in [1.54, 1.807) is 19.3 Å². The van der Waals surface area contributed by atoms with E-state index in [4.69, 9.17) is 4.74 Å². The molecule has 0 aromatic heterocycles. The van der Waals surface area contributed by atoms with Gasteiger partial charge in [0.1, 0.15) is 11.7 Å². The molecule has 1 aliphatic carbocycles. The van der Waals surface area contributed by atoms with Crippen molar-refractivity contribution in [1.29, 1.82) is 0 Å². The number of nitrogens with one attached hydrogen (secondary N) is 2. The lowest BCUT2D eigenvalue weighted by Gasteiger charge is -2.30. The van der Waals surface area contributed by atoms with Gasteiger partial charge in [0.05, 0.1) is 30.1 Å². The lowest BCUT2D eigenvalue weighted by atomic mass is 9.78. The zero-order valence-electron chi connectivity index (χ0n) is 26.8. The molecule has 5 rings (SSSR count). The first kappa shape index (κ1) is 31.7. The van der Waals surface area contributed by atoms with Crippen LogP contribution in [0, 0.1) is 5.92 Å². The molecule has 1 heterocycles. The van der Waals surface area contributed by atoms with Crippen molar-refractivity contribution >= 4 is 40.9 Å². The number of rotatable bonds is 7. The van der Waals surface area contributed by atoms with Crippen LogP contribution < -0.4 is 15.4 Å². The number of ether oxygens (including phenoxy) is 1. The summed E-state index contributed by atoms with van der Waals surface area (Å²) in [7, 11) is 1.70. The average molecular weight is 609 g/mol. The number of para-hydroxylation sites is 1. The number of carboxylic acid groups (broad SMARTS) is 1. The van der Waals surface area contributed by atoms with E-state index in [1.807, 2.05) is 18.2 Å². The van der Waals surface area contributed by atoms with Crippen LogP contribution in [-0.4, -0.2) is 41.7 Å². The van der Waals surface area contributed by atoms with E-state index >= 15 is 0 Å². The highest BCUT2D eigenvalue weighted by molar-refractivity contribution is 6.29. The molecule has 234 valence electrons. The van der Waals surface area contributed by atoms with Crippen LogP contribution in [0.5, 0.6) is 5.75 Å². The molecule has 8 heteroatoms. The Balaban J connectivity index is 1.35. The Bertz CT molecular complexity index is 1720. The van der Waals surface area contributed by atoms with E-state index < -0.39 is 29.5 Å². The maximum atomic E-state index is 13.4. The number of benzene rings is 3. The van der Waals surface area contributed by atoms with E-state index in [-0.39, 0.29) is 39.8 Å². The molecule has 3 aromatic carbocycles. The molecule has 2 unspecified atom stereocenters. The fourth-order valence-electron chi connectivity index (χ4n) is 6.20. The van der Waals surface area contributed by atoms with E-state index in [1.165, 1.54) is 18.2 Å². The summed E-state index contributed by atoms with van der Waals surface area (Å²) in [5.41, 5.74) is 4.77. The molecule has 1 aliphatic heterocycles. The normalized spacial score (nSPS) is 17.4. The number of Topliss-reactive ketones (excluding diaryl/α,β-unsaturated/α-hetero) is 2. The van der Waals surface area contributed by atoms with Gasteiger partial charge in [-0.3, -0.25) is 14.4 Å². The number of aryl methyl sites for hydroxylation is 1. The highest BCUT2D eigenvalue weighted by Gasteiger charge is 2.45. The molecule has 0 saturated carbocycles. The summed E-state index contributed by atoms with van der Waals surface area (Å²) in [6.07, 6.45) is 4.33. The lowest BCUT2D eigenvalue weighted by molar-refractivity contribution is -0.116. The molecule has 8 nitrogen and oxygen atoms in total. The molecule has 3 aromatic rings. The van der Waals surface area contributed by atoms with Crippen LogP contribution in [0.4, 0.5) is 11.4 Å². The lowest BCUT2D eigenvalue weighted by Crippen LogP contribution is -2.36. The molecule has 3 N–H and O–H groups in total. The first-order valence-corrected chi connectivity index (χ1v) is 15.2. The zero-order chi connectivity index (χ0) is 32.8. The predicted octanol–water partition coefficient (Wildman–Crippen LogP) is 7.06. The van der Waals surface area contributed by atoms with Crippen molar-refractivity contribution in [2.45, 2.75) is 71.3 Å². The average Bonchev–Trinajstić information content (AvgIpc) is 3.23. The summed E-state index contributed by atoms with van der Waals surface area (Å²) >= 11 is 0. The molecule has 1 amide bonds. The number of anilines is 2. The second-order valence-electron chi connectivity index (χ2n) is 13.8. The molecular weight excluding hydrogens is 568 g/mol. The molecule has 2 atom stereocenters. The molecule has 2 aliphatic rings. The van der Waals surface area contributed by atoms with Crippen LogP contribution in [0.15, 0.2) is 54.6 Å². The van der Waals surface area contributed by atoms with Gasteiger partial charge in [-0.05, 0) is 40.5 Å². The molecule has 45 heavy (non-hydrogen) atoms. The van der Waals surface area contributed by atoms with Crippen molar-refractivity contribution in [3.8, 4) is 5.75 Å². The molecular formula is C37H40N2O6. The van der Waals surface area contributed by atoms with Crippen molar-refractivity contribution in [2.75, 3.05) is 17.7 Å². The monoisotopic (exact) mass is 608 g/mol. The number of fused-ring (bicyclic) bond motifs is 2. The van der Waals surface area contributed by atoms with Gasteiger partial charge in [0, 0.05) is 28.7 Å². The van der Waals surface area contributed by atoms with Gasteiger partial charge in [0.2, 0.25) is 5.91 Å². The summed E-state index contributed by atoms with van der Waals surface area (Å²) in [5, 5.41) is 15.9. The topological polar surface area (TPSA) is 122 Å². The minimum absolute atomic E-state index is 0.0506. The SMILES string of the molecule is COc1c(C(C)(C)C)cc(CCC(=O)Nc2cccc3c2NC(C2C(=O)c4cccc(C(=O)O)c4C2=O)C=C3)cc1C(C)(C)C. The number of ketones is 2. The van der Waals surface area contributed by atoms with Crippen LogP contribution >= 0.6 is 0 Å². The van der Waals surface area contributed by atoms with Crippen molar-refractivity contribution in [2.24, 2.45) is 5.92 Å². The number of amides is 1. The minimum Gasteiger partial charge on any atom is -0.496 e. The number of methoxy groups -OCH3 is 1. The Morgan fingerprint density at radius 2 is 1.58 bits per heavy atom. The van der Waals surface area contributed by atoms with Crippen molar-refractivity contribution in [1.82, 2.24) is 0 Å². The van der Waals surface area contributed by atoms with E-state index in [2.05, 4.69) is 64.3 Å². The maximum Gasteiger partial charge on any atom is 0.336 e. The largest absolute Gasteiger partial charge is 0.496 e. The van der Waals surface area contributed by atoms with Crippen LogP contribution in [0.2, 0.25) is 0 Å². The third kappa shape index (κ3) is 6.01. The second kappa shape index (κ2) is 11.7. The van der Waals surface area contributed by atoms with Gasteiger partial charge in [-0.1, -0.05) is 90.1 Å². The summed E-state index contributed by atoms with van der Waals surface area (Å²) in [6, 6.07) is 13.3. The fourth-order valence-corrected chi connectivity index (χ4v) is 6.20. The van der Waals surface area contributed by atoms with E-state index in [0.29, 0.717) is 17.8 Å². The molecule has 0 radical (unpaired) electrons.